The summed E-state index contributed by atoms with van der Waals surface area (Å²) >= 11 is 6.27. The number of rotatable bonds is 5. The second-order valence-electron chi connectivity index (χ2n) is 7.60. The van der Waals surface area contributed by atoms with Gasteiger partial charge in [-0.15, -0.1) is 0 Å². The summed E-state index contributed by atoms with van der Waals surface area (Å²) in [6.07, 6.45) is 4.89. The third-order valence-electron chi connectivity index (χ3n) is 5.68. The summed E-state index contributed by atoms with van der Waals surface area (Å²) in [5.74, 6) is 1.44. The van der Waals surface area contributed by atoms with E-state index in [0.717, 1.165) is 56.2 Å². The Hall–Kier alpha value is -2.34. The van der Waals surface area contributed by atoms with E-state index in [-0.39, 0.29) is 17.3 Å². The van der Waals surface area contributed by atoms with Gasteiger partial charge in [0.25, 0.3) is 0 Å². The predicted molar refractivity (Wildman–Crippen MR) is 112 cm³/mol. The molecule has 1 unspecified atom stereocenters. The van der Waals surface area contributed by atoms with Gasteiger partial charge in [0.05, 0.1) is 5.02 Å². The van der Waals surface area contributed by atoms with Crippen molar-refractivity contribution in [1.29, 1.82) is 0 Å². The molecule has 0 spiro atoms. The standard InChI is InChI=1S/C21H25ClFN5/c1-24-20(26-14-21(8-9-21)15-4-2-5-16(23)12-15)27-17-7-11-28(13-17)19-18(22)6-3-10-25-19/h2-6,10,12,17H,7-9,11,13-14H2,1H3,(H2,24,26,27). The van der Waals surface area contributed by atoms with E-state index in [1.54, 1.807) is 25.4 Å². The van der Waals surface area contributed by atoms with Crippen LogP contribution in [0.1, 0.15) is 24.8 Å². The lowest BCUT2D eigenvalue weighted by Crippen LogP contribution is -2.46. The summed E-state index contributed by atoms with van der Waals surface area (Å²) in [4.78, 5) is 11.0. The zero-order chi connectivity index (χ0) is 19.6. The van der Waals surface area contributed by atoms with Crippen molar-refractivity contribution in [3.8, 4) is 0 Å². The van der Waals surface area contributed by atoms with Crippen LogP contribution in [0.5, 0.6) is 0 Å². The molecular formula is C21H25ClFN5. The van der Waals surface area contributed by atoms with Gasteiger partial charge in [0.1, 0.15) is 11.6 Å². The number of halogens is 2. The van der Waals surface area contributed by atoms with Crippen molar-refractivity contribution < 1.29 is 4.39 Å². The van der Waals surface area contributed by atoms with Crippen LogP contribution in [-0.2, 0) is 5.41 Å². The fraction of sp³-hybridized carbons (Fsp3) is 0.429. The summed E-state index contributed by atoms with van der Waals surface area (Å²) < 4.78 is 13.6. The Morgan fingerprint density at radius 3 is 2.93 bits per heavy atom. The monoisotopic (exact) mass is 401 g/mol. The van der Waals surface area contributed by atoms with Crippen LogP contribution in [0, 0.1) is 5.82 Å². The van der Waals surface area contributed by atoms with Crippen LogP contribution >= 0.6 is 11.6 Å². The Balaban J connectivity index is 1.33. The average Bonchev–Trinajstić information content (AvgIpc) is 3.36. The van der Waals surface area contributed by atoms with E-state index in [4.69, 9.17) is 11.6 Å². The lowest BCUT2D eigenvalue weighted by molar-refractivity contribution is 0.598. The summed E-state index contributed by atoms with van der Waals surface area (Å²) in [6.45, 7) is 2.48. The number of nitrogens with zero attached hydrogens (tertiary/aromatic N) is 3. The Kier molecular flexibility index (Phi) is 5.40. The van der Waals surface area contributed by atoms with Crippen LogP contribution in [-0.4, -0.2) is 43.7 Å². The van der Waals surface area contributed by atoms with Crippen LogP contribution in [0.4, 0.5) is 10.2 Å². The van der Waals surface area contributed by atoms with Crippen LogP contribution in [0.2, 0.25) is 5.02 Å². The third-order valence-corrected chi connectivity index (χ3v) is 5.97. The van der Waals surface area contributed by atoms with Gasteiger partial charge < -0.3 is 15.5 Å². The highest BCUT2D eigenvalue weighted by Gasteiger charge is 2.44. The van der Waals surface area contributed by atoms with E-state index < -0.39 is 0 Å². The Morgan fingerprint density at radius 2 is 2.21 bits per heavy atom. The first-order valence-electron chi connectivity index (χ1n) is 9.68. The van der Waals surface area contributed by atoms with E-state index in [1.165, 1.54) is 6.07 Å². The average molecular weight is 402 g/mol. The molecule has 4 rings (SSSR count). The lowest BCUT2D eigenvalue weighted by Gasteiger charge is -2.22. The van der Waals surface area contributed by atoms with E-state index in [0.29, 0.717) is 5.02 Å². The molecule has 2 aromatic rings. The molecular weight excluding hydrogens is 377 g/mol. The van der Waals surface area contributed by atoms with E-state index >= 15 is 0 Å². The van der Waals surface area contributed by atoms with Crippen molar-refractivity contribution in [2.75, 3.05) is 31.6 Å². The number of pyridine rings is 1. The molecule has 2 aliphatic rings. The van der Waals surface area contributed by atoms with Gasteiger partial charge in [0.15, 0.2) is 5.96 Å². The number of guanidine groups is 1. The first-order chi connectivity index (χ1) is 13.6. The zero-order valence-corrected chi connectivity index (χ0v) is 16.7. The molecule has 1 aliphatic heterocycles. The zero-order valence-electron chi connectivity index (χ0n) is 16.0. The molecule has 0 amide bonds. The first-order valence-corrected chi connectivity index (χ1v) is 10.1. The molecule has 1 atom stereocenters. The van der Waals surface area contributed by atoms with Crippen LogP contribution in [0.3, 0.4) is 0 Å². The minimum absolute atomic E-state index is 0.0168. The molecule has 28 heavy (non-hydrogen) atoms. The van der Waals surface area contributed by atoms with Gasteiger partial charge in [-0.25, -0.2) is 9.37 Å². The Labute approximate surface area is 170 Å². The van der Waals surface area contributed by atoms with E-state index in [9.17, 15) is 4.39 Å². The number of anilines is 1. The normalized spacial score (nSPS) is 20.9. The van der Waals surface area contributed by atoms with Gasteiger partial charge in [-0.1, -0.05) is 23.7 Å². The fourth-order valence-electron chi connectivity index (χ4n) is 3.86. The summed E-state index contributed by atoms with van der Waals surface area (Å²) in [5.41, 5.74) is 1.08. The molecule has 2 N–H and O–H groups in total. The molecule has 1 saturated carbocycles. The molecule has 5 nitrogen and oxygen atoms in total. The number of nitrogens with one attached hydrogen (secondary N) is 2. The van der Waals surface area contributed by atoms with Crippen molar-refractivity contribution in [2.24, 2.45) is 4.99 Å². The SMILES string of the molecule is CN=C(NCC1(c2cccc(F)c2)CC1)NC1CCN(c2ncccc2Cl)C1. The van der Waals surface area contributed by atoms with Crippen molar-refractivity contribution >= 4 is 23.4 Å². The lowest BCUT2D eigenvalue weighted by atomic mass is 9.96. The summed E-state index contributed by atoms with van der Waals surface area (Å²) in [7, 11) is 1.78. The number of benzene rings is 1. The first kappa shape index (κ1) is 19.0. The highest BCUT2D eigenvalue weighted by Crippen LogP contribution is 2.47. The predicted octanol–water partition coefficient (Wildman–Crippen LogP) is 3.35. The highest BCUT2D eigenvalue weighted by atomic mass is 35.5. The second kappa shape index (κ2) is 7.95. The number of hydrogen-bond donors (Lipinski definition) is 2. The molecule has 0 bridgehead atoms. The van der Waals surface area contributed by atoms with Crippen molar-refractivity contribution in [2.45, 2.75) is 30.7 Å². The molecule has 2 fully saturated rings. The van der Waals surface area contributed by atoms with Gasteiger partial charge in [0, 0.05) is 44.3 Å². The molecule has 0 radical (unpaired) electrons. The summed E-state index contributed by atoms with van der Waals surface area (Å²) in [6, 6.07) is 10.9. The van der Waals surface area contributed by atoms with Gasteiger partial charge in [-0.05, 0) is 49.1 Å². The van der Waals surface area contributed by atoms with Crippen molar-refractivity contribution in [1.82, 2.24) is 15.6 Å². The fourth-order valence-corrected chi connectivity index (χ4v) is 4.10. The van der Waals surface area contributed by atoms with Crippen LogP contribution in [0.15, 0.2) is 47.6 Å². The molecule has 1 saturated heterocycles. The molecule has 2 heterocycles. The molecule has 1 aromatic carbocycles. The van der Waals surface area contributed by atoms with Gasteiger partial charge >= 0.3 is 0 Å². The maximum Gasteiger partial charge on any atom is 0.191 e. The van der Waals surface area contributed by atoms with Gasteiger partial charge in [-0.2, -0.15) is 0 Å². The number of aliphatic imine (C=N–C) groups is 1. The maximum atomic E-state index is 13.6. The largest absolute Gasteiger partial charge is 0.356 e. The molecule has 1 aliphatic carbocycles. The van der Waals surface area contributed by atoms with Gasteiger partial charge in [-0.3, -0.25) is 4.99 Å². The van der Waals surface area contributed by atoms with Gasteiger partial charge in [0.2, 0.25) is 0 Å². The Morgan fingerprint density at radius 1 is 1.36 bits per heavy atom. The van der Waals surface area contributed by atoms with Crippen LogP contribution < -0.4 is 15.5 Å². The van der Waals surface area contributed by atoms with Crippen molar-refractivity contribution in [3.63, 3.8) is 0 Å². The van der Waals surface area contributed by atoms with Crippen LogP contribution in [0.25, 0.3) is 0 Å². The minimum atomic E-state index is -0.175. The molecule has 1 aromatic heterocycles. The Bertz CT molecular complexity index is 867. The second-order valence-corrected chi connectivity index (χ2v) is 8.01. The molecule has 7 heteroatoms. The van der Waals surface area contributed by atoms with E-state index in [1.807, 2.05) is 18.2 Å². The maximum absolute atomic E-state index is 13.6. The topological polar surface area (TPSA) is 52.6 Å². The molecule has 148 valence electrons. The minimum Gasteiger partial charge on any atom is -0.356 e. The quantitative estimate of drug-likeness (QED) is 0.596. The third kappa shape index (κ3) is 4.07. The number of aromatic nitrogens is 1. The van der Waals surface area contributed by atoms with E-state index in [2.05, 4.69) is 25.5 Å². The number of hydrogen-bond acceptors (Lipinski definition) is 3. The smallest absolute Gasteiger partial charge is 0.191 e. The summed E-state index contributed by atoms with van der Waals surface area (Å²) in [5, 5.41) is 7.62. The highest BCUT2D eigenvalue weighted by molar-refractivity contribution is 6.32. The van der Waals surface area contributed by atoms with Crippen molar-refractivity contribution in [3.05, 3.63) is 59.0 Å².